The van der Waals surface area contributed by atoms with Crippen LogP contribution >= 0.6 is 0 Å². The summed E-state index contributed by atoms with van der Waals surface area (Å²) in [5, 5.41) is 0. The van der Waals surface area contributed by atoms with E-state index in [1.807, 2.05) is 19.1 Å². The molecule has 1 amide bonds. The van der Waals surface area contributed by atoms with Crippen molar-refractivity contribution in [2.75, 3.05) is 0 Å². The number of hydrogen-bond donors (Lipinski definition) is 1. The Morgan fingerprint density at radius 3 is 2.73 bits per heavy atom. The third kappa shape index (κ3) is 3.62. The van der Waals surface area contributed by atoms with Gasteiger partial charge >= 0.3 is 6.09 Å². The fourth-order valence-corrected chi connectivity index (χ4v) is 1.47. The van der Waals surface area contributed by atoms with Crippen LogP contribution < -0.4 is 10.5 Å². The van der Waals surface area contributed by atoms with Gasteiger partial charge in [-0.2, -0.15) is 0 Å². The van der Waals surface area contributed by atoms with Crippen molar-refractivity contribution < 1.29 is 9.53 Å². The van der Waals surface area contributed by atoms with Crippen molar-refractivity contribution in [3.8, 4) is 5.75 Å². The molecular formula is C12H17NO2. The second kappa shape index (κ2) is 5.39. The highest BCUT2D eigenvalue weighted by molar-refractivity contribution is 5.68. The quantitative estimate of drug-likeness (QED) is 0.825. The molecule has 0 fully saturated rings. The second-order valence-electron chi connectivity index (χ2n) is 3.62. The third-order valence-corrected chi connectivity index (χ3v) is 2.27. The number of carbonyl (C=O) groups excluding carboxylic acids is 1. The molecule has 3 heteroatoms. The Balaban J connectivity index is 2.74. The first-order chi connectivity index (χ1) is 7.13. The van der Waals surface area contributed by atoms with Gasteiger partial charge in [0.05, 0.1) is 0 Å². The first-order valence-corrected chi connectivity index (χ1v) is 5.20. The second-order valence-corrected chi connectivity index (χ2v) is 3.62. The molecule has 3 nitrogen and oxygen atoms in total. The number of ether oxygens (including phenoxy) is 1. The van der Waals surface area contributed by atoms with Crippen molar-refractivity contribution >= 4 is 6.09 Å². The zero-order valence-corrected chi connectivity index (χ0v) is 9.25. The van der Waals surface area contributed by atoms with E-state index in [1.165, 1.54) is 18.4 Å². The highest BCUT2D eigenvalue weighted by Crippen LogP contribution is 2.20. The molecule has 0 aliphatic carbocycles. The van der Waals surface area contributed by atoms with Crippen molar-refractivity contribution in [2.45, 2.75) is 33.1 Å². The summed E-state index contributed by atoms with van der Waals surface area (Å²) in [5.41, 5.74) is 7.17. The molecule has 0 atom stereocenters. The van der Waals surface area contributed by atoms with Gasteiger partial charge in [-0.25, -0.2) is 4.79 Å². The van der Waals surface area contributed by atoms with Crippen LogP contribution in [0, 0.1) is 6.92 Å². The first-order valence-electron chi connectivity index (χ1n) is 5.20. The molecule has 0 heterocycles. The summed E-state index contributed by atoms with van der Waals surface area (Å²) in [7, 11) is 0. The monoisotopic (exact) mass is 207 g/mol. The number of carbonyl (C=O) groups is 1. The highest BCUT2D eigenvalue weighted by Gasteiger charge is 2.03. The minimum Gasteiger partial charge on any atom is -0.410 e. The Kier molecular flexibility index (Phi) is 4.16. The van der Waals surface area contributed by atoms with Gasteiger partial charge in [-0.3, -0.25) is 0 Å². The topological polar surface area (TPSA) is 52.3 Å². The first kappa shape index (κ1) is 11.6. The molecule has 0 radical (unpaired) electrons. The largest absolute Gasteiger partial charge is 0.410 e. The van der Waals surface area contributed by atoms with Gasteiger partial charge in [-0.05, 0) is 37.0 Å². The highest BCUT2D eigenvalue weighted by atomic mass is 16.5. The van der Waals surface area contributed by atoms with Gasteiger partial charge in [0, 0.05) is 0 Å². The Hall–Kier alpha value is -1.51. The molecule has 0 unspecified atom stereocenters. The third-order valence-electron chi connectivity index (χ3n) is 2.27. The number of aryl methyl sites for hydroxylation is 2. The zero-order valence-electron chi connectivity index (χ0n) is 9.25. The molecule has 0 saturated heterocycles. The van der Waals surface area contributed by atoms with Crippen LogP contribution in [0.4, 0.5) is 4.79 Å². The molecule has 0 saturated carbocycles. The Morgan fingerprint density at radius 2 is 2.20 bits per heavy atom. The maximum absolute atomic E-state index is 10.6. The van der Waals surface area contributed by atoms with Crippen molar-refractivity contribution in [2.24, 2.45) is 5.73 Å². The number of hydrogen-bond acceptors (Lipinski definition) is 2. The van der Waals surface area contributed by atoms with Gasteiger partial charge < -0.3 is 10.5 Å². The van der Waals surface area contributed by atoms with E-state index in [1.54, 1.807) is 6.07 Å². The number of amides is 1. The maximum Gasteiger partial charge on any atom is 0.409 e. The number of rotatable bonds is 4. The van der Waals surface area contributed by atoms with Gasteiger partial charge in [-0.1, -0.05) is 25.5 Å². The van der Waals surface area contributed by atoms with Crippen molar-refractivity contribution in [1.82, 2.24) is 0 Å². The SMILES string of the molecule is CCCCc1ccc(OC(N)=O)c(C)c1. The normalized spacial score (nSPS) is 10.0. The van der Waals surface area contributed by atoms with Crippen LogP contribution in [-0.4, -0.2) is 6.09 Å². The molecule has 0 aromatic heterocycles. The maximum atomic E-state index is 10.6. The van der Waals surface area contributed by atoms with Crippen molar-refractivity contribution in [1.29, 1.82) is 0 Å². The van der Waals surface area contributed by atoms with Crippen LogP contribution in [0.25, 0.3) is 0 Å². The summed E-state index contributed by atoms with van der Waals surface area (Å²) in [6, 6.07) is 5.81. The summed E-state index contributed by atoms with van der Waals surface area (Å²) in [6.45, 7) is 4.07. The Morgan fingerprint density at radius 1 is 1.47 bits per heavy atom. The smallest absolute Gasteiger partial charge is 0.409 e. The van der Waals surface area contributed by atoms with E-state index in [0.29, 0.717) is 5.75 Å². The molecule has 1 aromatic rings. The molecule has 82 valence electrons. The minimum absolute atomic E-state index is 0.544. The Labute approximate surface area is 90.2 Å². The number of primary amides is 1. The molecule has 0 aliphatic rings. The lowest BCUT2D eigenvalue weighted by molar-refractivity contribution is 0.210. The predicted octanol–water partition coefficient (Wildman–Crippen LogP) is 2.80. The van der Waals surface area contributed by atoms with E-state index in [9.17, 15) is 4.79 Å². The van der Waals surface area contributed by atoms with Crippen LogP contribution in [-0.2, 0) is 6.42 Å². The molecule has 1 aromatic carbocycles. The lowest BCUT2D eigenvalue weighted by Crippen LogP contribution is -2.16. The van der Waals surface area contributed by atoms with Crippen LogP contribution in [0.1, 0.15) is 30.9 Å². The molecule has 1 rings (SSSR count). The van der Waals surface area contributed by atoms with Gasteiger partial charge in [0.15, 0.2) is 0 Å². The van der Waals surface area contributed by atoms with E-state index in [-0.39, 0.29) is 0 Å². The molecular weight excluding hydrogens is 190 g/mol. The van der Waals surface area contributed by atoms with Crippen LogP contribution in [0.2, 0.25) is 0 Å². The van der Waals surface area contributed by atoms with Crippen LogP contribution in [0.3, 0.4) is 0 Å². The van der Waals surface area contributed by atoms with Gasteiger partial charge in [0.2, 0.25) is 0 Å². The Bertz CT molecular complexity index is 347. The number of nitrogens with two attached hydrogens (primary N) is 1. The number of unbranched alkanes of at least 4 members (excludes halogenated alkanes) is 1. The van der Waals surface area contributed by atoms with E-state index in [2.05, 4.69) is 6.92 Å². The molecule has 2 N–H and O–H groups in total. The average molecular weight is 207 g/mol. The predicted molar refractivity (Wildman–Crippen MR) is 60.0 cm³/mol. The lowest BCUT2D eigenvalue weighted by atomic mass is 10.1. The molecule has 0 aliphatic heterocycles. The summed E-state index contributed by atoms with van der Waals surface area (Å²) < 4.78 is 4.84. The van der Waals surface area contributed by atoms with Crippen LogP contribution in [0.5, 0.6) is 5.75 Å². The van der Waals surface area contributed by atoms with Crippen molar-refractivity contribution in [3.63, 3.8) is 0 Å². The van der Waals surface area contributed by atoms with Gasteiger partial charge in [0.25, 0.3) is 0 Å². The van der Waals surface area contributed by atoms with Crippen LogP contribution in [0.15, 0.2) is 18.2 Å². The zero-order chi connectivity index (χ0) is 11.3. The van der Waals surface area contributed by atoms with E-state index in [4.69, 9.17) is 10.5 Å². The fourth-order valence-electron chi connectivity index (χ4n) is 1.47. The summed E-state index contributed by atoms with van der Waals surface area (Å²) in [4.78, 5) is 10.6. The molecule has 0 spiro atoms. The van der Waals surface area contributed by atoms with E-state index < -0.39 is 6.09 Å². The summed E-state index contributed by atoms with van der Waals surface area (Å²) in [6.07, 6.45) is 2.65. The molecule has 15 heavy (non-hydrogen) atoms. The number of benzene rings is 1. The molecule has 0 bridgehead atoms. The summed E-state index contributed by atoms with van der Waals surface area (Å²) >= 11 is 0. The summed E-state index contributed by atoms with van der Waals surface area (Å²) in [5.74, 6) is 0.544. The van der Waals surface area contributed by atoms with Gasteiger partial charge in [-0.15, -0.1) is 0 Å². The van der Waals surface area contributed by atoms with Gasteiger partial charge in [0.1, 0.15) is 5.75 Å². The minimum atomic E-state index is -0.764. The standard InChI is InChI=1S/C12H17NO2/c1-3-4-5-10-6-7-11(9(2)8-10)15-12(13)14/h6-8H,3-5H2,1-2H3,(H2,13,14). The van der Waals surface area contributed by atoms with Crippen molar-refractivity contribution in [3.05, 3.63) is 29.3 Å². The average Bonchev–Trinajstić information content (AvgIpc) is 2.18. The van der Waals surface area contributed by atoms with E-state index >= 15 is 0 Å². The lowest BCUT2D eigenvalue weighted by Gasteiger charge is -2.07. The van der Waals surface area contributed by atoms with E-state index in [0.717, 1.165) is 12.0 Å². The fraction of sp³-hybridized carbons (Fsp3) is 0.417.